The van der Waals surface area contributed by atoms with E-state index in [0.29, 0.717) is 23.4 Å². The number of carbonyl (C=O) groups is 1. The minimum atomic E-state index is -4.28. The number of nitrogens with zero attached hydrogens (tertiary/aromatic N) is 4. The lowest BCUT2D eigenvalue weighted by Gasteiger charge is -2.32. The smallest absolute Gasteiger partial charge is 0.369 e. The molecule has 1 aliphatic heterocycles. The number of aromatic nitrogens is 3. The van der Waals surface area contributed by atoms with Crippen LogP contribution in [0.5, 0.6) is 0 Å². The number of methoxy groups -OCH3 is 1. The number of ether oxygens (including phenoxy) is 1. The number of rotatable bonds is 4. The standard InChI is InChI=1S/C12H14F2N6O.C5H9F3O.C3H6.2C2H6/c13-12(14)6-16-11(21)19(7-12)4-8-1-10-18-9(2-15)5-20(10)17-3-8;1-4(2,9-3)5(6,7)8;1-2-3-1;2*1-2/h1,3,5H,2,4,6-7,15H2,(H,16,21);1-3H3;1-3H2;2*1-2H3. The van der Waals surface area contributed by atoms with E-state index in [-0.39, 0.29) is 6.54 Å². The molecule has 13 heteroatoms. The third-order valence-electron chi connectivity index (χ3n) is 4.76. The van der Waals surface area contributed by atoms with E-state index in [4.69, 9.17) is 5.73 Å². The molecule has 0 radical (unpaired) electrons. The van der Waals surface area contributed by atoms with Crippen LogP contribution in [0, 0.1) is 0 Å². The number of halogens is 5. The molecule has 1 aliphatic carbocycles. The molecule has 0 unspecified atom stereocenters. The summed E-state index contributed by atoms with van der Waals surface area (Å²) in [6.45, 7) is 9.07. The number of alkyl halides is 5. The molecule has 2 fully saturated rings. The molecule has 3 N–H and O–H groups in total. The Morgan fingerprint density at radius 2 is 1.70 bits per heavy atom. The van der Waals surface area contributed by atoms with Gasteiger partial charge in [-0.1, -0.05) is 47.0 Å². The molecule has 0 bridgehead atoms. The minimum absolute atomic E-state index is 0.0513. The molecule has 1 saturated heterocycles. The van der Waals surface area contributed by atoms with Crippen molar-refractivity contribution in [2.75, 3.05) is 20.2 Å². The Bertz CT molecular complexity index is 929. The van der Waals surface area contributed by atoms with E-state index in [2.05, 4.69) is 20.1 Å². The van der Waals surface area contributed by atoms with Gasteiger partial charge in [0.15, 0.2) is 11.2 Å². The fourth-order valence-electron chi connectivity index (χ4n) is 2.34. The topological polar surface area (TPSA) is 97.8 Å². The maximum absolute atomic E-state index is 13.3. The number of amides is 2. The summed E-state index contributed by atoms with van der Waals surface area (Å²) < 4.78 is 67.5. The summed E-state index contributed by atoms with van der Waals surface area (Å²) in [5, 5.41) is 6.30. The summed E-state index contributed by atoms with van der Waals surface area (Å²) in [6.07, 6.45) is 3.44. The zero-order valence-electron chi connectivity index (χ0n) is 22.8. The quantitative estimate of drug-likeness (QED) is 0.496. The third-order valence-corrected chi connectivity index (χ3v) is 4.76. The Balaban J connectivity index is 0.000000673. The number of hydrogen-bond donors (Lipinski definition) is 2. The molecule has 4 rings (SSSR count). The maximum atomic E-state index is 13.3. The molecule has 3 heterocycles. The Morgan fingerprint density at radius 3 is 2.14 bits per heavy atom. The number of nitrogens with two attached hydrogens (primary N) is 1. The van der Waals surface area contributed by atoms with Gasteiger partial charge < -0.3 is 20.7 Å². The average Bonchev–Trinajstić information content (AvgIpc) is 3.69. The van der Waals surface area contributed by atoms with Crippen LogP contribution >= 0.6 is 0 Å². The predicted molar refractivity (Wildman–Crippen MR) is 133 cm³/mol. The zero-order valence-corrected chi connectivity index (χ0v) is 22.8. The van der Waals surface area contributed by atoms with Gasteiger partial charge in [-0.25, -0.2) is 23.1 Å². The summed E-state index contributed by atoms with van der Waals surface area (Å²) in [5.74, 6) is -2.93. The Labute approximate surface area is 215 Å². The van der Waals surface area contributed by atoms with Crippen LogP contribution in [0.1, 0.15) is 72.1 Å². The van der Waals surface area contributed by atoms with E-state index in [1.54, 1.807) is 16.8 Å². The van der Waals surface area contributed by atoms with E-state index >= 15 is 0 Å². The molecule has 0 atom stereocenters. The van der Waals surface area contributed by atoms with Gasteiger partial charge >= 0.3 is 12.2 Å². The summed E-state index contributed by atoms with van der Waals surface area (Å²) in [5.41, 5.74) is 5.36. The Morgan fingerprint density at radius 1 is 1.14 bits per heavy atom. The molecular formula is C24H41F5N6O2. The molecule has 2 amide bonds. The SMILES string of the molecule is C1CC1.CC.CC.COC(C)(C)C(F)(F)F.NCc1cn2ncc(CN3CC(F)(F)CNC3=O)cc2n1. The van der Waals surface area contributed by atoms with Crippen molar-refractivity contribution in [2.24, 2.45) is 5.73 Å². The fraction of sp³-hybridized carbons (Fsp3) is 0.708. The molecule has 37 heavy (non-hydrogen) atoms. The molecule has 0 spiro atoms. The number of nitrogens with one attached hydrogen (secondary N) is 1. The van der Waals surface area contributed by atoms with Gasteiger partial charge in [-0.2, -0.15) is 18.3 Å². The lowest BCUT2D eigenvalue weighted by Crippen LogP contribution is -2.56. The van der Waals surface area contributed by atoms with Crippen molar-refractivity contribution in [3.63, 3.8) is 0 Å². The normalized spacial score (nSPS) is 15.9. The molecule has 2 aromatic rings. The van der Waals surface area contributed by atoms with E-state index in [0.717, 1.165) is 25.9 Å². The van der Waals surface area contributed by atoms with Gasteiger partial charge in [-0.15, -0.1) is 0 Å². The number of urea groups is 1. The first kappa shape index (κ1) is 34.5. The van der Waals surface area contributed by atoms with Gasteiger partial charge in [0.25, 0.3) is 5.92 Å². The molecular weight excluding hydrogens is 499 g/mol. The monoisotopic (exact) mass is 540 g/mol. The lowest BCUT2D eigenvalue weighted by molar-refractivity contribution is -0.255. The maximum Gasteiger partial charge on any atom is 0.416 e. The van der Waals surface area contributed by atoms with Crippen molar-refractivity contribution < 1.29 is 31.5 Å². The average molecular weight is 541 g/mol. The first-order valence-electron chi connectivity index (χ1n) is 12.3. The van der Waals surface area contributed by atoms with Crippen molar-refractivity contribution in [2.45, 2.75) is 91.6 Å². The molecule has 2 aliphatic rings. The summed E-state index contributed by atoms with van der Waals surface area (Å²) in [7, 11) is 1.04. The van der Waals surface area contributed by atoms with Crippen LogP contribution in [0.15, 0.2) is 18.5 Å². The van der Waals surface area contributed by atoms with E-state index in [9.17, 15) is 26.7 Å². The summed E-state index contributed by atoms with van der Waals surface area (Å²) >= 11 is 0. The van der Waals surface area contributed by atoms with Crippen LogP contribution in [0.4, 0.5) is 26.7 Å². The number of imidazole rings is 1. The van der Waals surface area contributed by atoms with E-state index < -0.39 is 36.8 Å². The second kappa shape index (κ2) is 15.7. The number of hydrogen-bond acceptors (Lipinski definition) is 5. The number of fused-ring (bicyclic) bond motifs is 1. The van der Waals surface area contributed by atoms with Crippen molar-refractivity contribution >= 4 is 11.7 Å². The van der Waals surface area contributed by atoms with Crippen molar-refractivity contribution in [1.82, 2.24) is 24.8 Å². The molecule has 214 valence electrons. The molecule has 0 aromatic carbocycles. The van der Waals surface area contributed by atoms with Gasteiger partial charge in [0.05, 0.1) is 31.2 Å². The van der Waals surface area contributed by atoms with Crippen LogP contribution in [-0.4, -0.2) is 63.4 Å². The summed E-state index contributed by atoms with van der Waals surface area (Å²) in [6, 6.07) is 1.19. The van der Waals surface area contributed by atoms with Crippen molar-refractivity contribution in [1.29, 1.82) is 0 Å². The largest absolute Gasteiger partial charge is 0.416 e. The van der Waals surface area contributed by atoms with Gasteiger partial charge in [0.1, 0.15) is 0 Å². The Hall–Kier alpha value is -2.54. The van der Waals surface area contributed by atoms with Gasteiger partial charge in [0, 0.05) is 20.2 Å². The number of carbonyl (C=O) groups excluding carboxylic acids is 1. The second-order valence-electron chi connectivity index (χ2n) is 8.25. The van der Waals surface area contributed by atoms with Crippen LogP contribution in [-0.2, 0) is 17.8 Å². The van der Waals surface area contributed by atoms with Crippen LogP contribution in [0.25, 0.3) is 5.65 Å². The first-order chi connectivity index (χ1) is 17.3. The Kier molecular flexibility index (Phi) is 14.6. The first-order valence-corrected chi connectivity index (χ1v) is 12.3. The minimum Gasteiger partial charge on any atom is -0.369 e. The fourth-order valence-corrected chi connectivity index (χ4v) is 2.34. The highest BCUT2D eigenvalue weighted by molar-refractivity contribution is 5.75. The molecule has 1 saturated carbocycles. The van der Waals surface area contributed by atoms with Crippen molar-refractivity contribution in [3.05, 3.63) is 29.7 Å². The highest BCUT2D eigenvalue weighted by Crippen LogP contribution is 2.31. The third kappa shape index (κ3) is 12.0. The van der Waals surface area contributed by atoms with Gasteiger partial charge in [-0.05, 0) is 25.5 Å². The summed E-state index contributed by atoms with van der Waals surface area (Å²) in [4.78, 5) is 16.9. The van der Waals surface area contributed by atoms with Crippen molar-refractivity contribution in [3.8, 4) is 0 Å². The molecule has 2 aromatic heterocycles. The van der Waals surface area contributed by atoms with Gasteiger partial charge in [0.2, 0.25) is 0 Å². The highest BCUT2D eigenvalue weighted by atomic mass is 19.4. The van der Waals surface area contributed by atoms with Crippen LogP contribution in [0.2, 0.25) is 0 Å². The zero-order chi connectivity index (χ0) is 28.9. The highest BCUT2D eigenvalue weighted by Gasteiger charge is 2.47. The lowest BCUT2D eigenvalue weighted by atomic mass is 10.1. The molecule has 8 nitrogen and oxygen atoms in total. The van der Waals surface area contributed by atoms with E-state index in [1.807, 2.05) is 27.7 Å². The van der Waals surface area contributed by atoms with Crippen LogP contribution < -0.4 is 11.1 Å². The van der Waals surface area contributed by atoms with Crippen LogP contribution in [0.3, 0.4) is 0 Å². The predicted octanol–water partition coefficient (Wildman–Crippen LogP) is 5.54. The van der Waals surface area contributed by atoms with Gasteiger partial charge in [-0.3, -0.25) is 0 Å². The van der Waals surface area contributed by atoms with E-state index in [1.165, 1.54) is 25.5 Å². The second-order valence-corrected chi connectivity index (χ2v) is 8.25.